The van der Waals surface area contributed by atoms with Crippen molar-refractivity contribution in [3.63, 3.8) is 0 Å². The maximum atomic E-state index is 13.4. The van der Waals surface area contributed by atoms with Gasteiger partial charge in [0.05, 0.1) is 29.5 Å². The number of rotatable bonds is 10. The van der Waals surface area contributed by atoms with Crippen molar-refractivity contribution < 1.29 is 42.1 Å². The molecule has 0 spiro atoms. The lowest BCUT2D eigenvalue weighted by molar-refractivity contribution is -0.173. The Labute approximate surface area is 230 Å². The lowest BCUT2D eigenvalue weighted by Crippen LogP contribution is -2.63. The molecule has 0 saturated carbocycles. The van der Waals surface area contributed by atoms with E-state index in [9.17, 15) is 27.9 Å². The summed E-state index contributed by atoms with van der Waals surface area (Å²) in [4.78, 5) is 44.6. The number of aliphatic hydroxyl groups is 1. The first kappa shape index (κ1) is 29.0. The van der Waals surface area contributed by atoms with E-state index in [0.29, 0.717) is 27.6 Å². The molecule has 2 aromatic rings. The molecule has 1 N–H and O–H groups in total. The number of β-lactam (4-membered cyclic amide) rings is 1. The van der Waals surface area contributed by atoms with Gasteiger partial charge in [-0.3, -0.25) is 9.20 Å². The van der Waals surface area contributed by atoms with E-state index in [0.717, 1.165) is 24.0 Å². The topological polar surface area (TPSA) is 154 Å². The Morgan fingerprint density at radius 1 is 1.21 bits per heavy atom. The van der Waals surface area contributed by atoms with Gasteiger partial charge in [-0.25, -0.2) is 23.0 Å². The first-order valence-electron chi connectivity index (χ1n) is 12.7. The van der Waals surface area contributed by atoms with Gasteiger partial charge < -0.3 is 24.2 Å². The van der Waals surface area contributed by atoms with Crippen LogP contribution in [0, 0.1) is 17.8 Å². The monoisotopic (exact) mass is 583 g/mol. The third-order valence-corrected chi connectivity index (χ3v) is 9.12. The number of aliphatic hydroxyl groups excluding tert-OH is 1. The van der Waals surface area contributed by atoms with E-state index in [4.69, 9.17) is 14.2 Å². The smallest absolute Gasteiger partial charge is 0.434 e. The van der Waals surface area contributed by atoms with Crippen molar-refractivity contribution in [3.05, 3.63) is 23.1 Å². The van der Waals surface area contributed by atoms with E-state index in [1.54, 1.807) is 10.6 Å². The summed E-state index contributed by atoms with van der Waals surface area (Å²) in [5, 5.41) is 10.1. The van der Waals surface area contributed by atoms with E-state index in [2.05, 4.69) is 18.8 Å². The van der Waals surface area contributed by atoms with Gasteiger partial charge in [-0.15, -0.1) is 11.3 Å². The fourth-order valence-electron chi connectivity index (χ4n) is 5.09. The standard InChI is InChI=1S/C25H33N3O9S2/c1-12(2)8-7-9-35-25(32)37-15(5)36-24(31)20-17(13(3)19-18(14(4)29)22(30)28(19)20)16-10-27-11-26-21(23(27)38-16)39(6,33)34/h10-15,18-19,29H,7-9H2,1-6H3/t13-,14+,15?,18+,19+/m0/s1. The van der Waals surface area contributed by atoms with Gasteiger partial charge in [-0.05, 0) is 25.7 Å². The molecule has 0 bridgehead atoms. The van der Waals surface area contributed by atoms with Gasteiger partial charge >= 0.3 is 12.1 Å². The van der Waals surface area contributed by atoms with Crippen molar-refractivity contribution >= 4 is 49.6 Å². The molecule has 214 valence electrons. The summed E-state index contributed by atoms with van der Waals surface area (Å²) in [6.45, 7) is 9.00. The maximum Gasteiger partial charge on any atom is 0.511 e. The van der Waals surface area contributed by atoms with E-state index in [1.807, 2.05) is 6.92 Å². The van der Waals surface area contributed by atoms with Crippen LogP contribution in [-0.2, 0) is 33.6 Å². The number of carbonyl (C=O) groups is 3. The average Bonchev–Trinajstić information content (AvgIpc) is 3.45. The van der Waals surface area contributed by atoms with Crippen LogP contribution in [-0.4, -0.2) is 77.1 Å². The van der Waals surface area contributed by atoms with Crippen LogP contribution >= 0.6 is 11.3 Å². The van der Waals surface area contributed by atoms with Crippen LogP contribution < -0.4 is 0 Å². The zero-order valence-corrected chi connectivity index (χ0v) is 24.2. The SMILES string of the molecule is CC(C)CCCOC(=O)OC(C)OC(=O)C1=C(c2cn3cnc(S(C)(=O)=O)c3s2)[C@H](C)[C@@H]2[C@@H]([C@@H](C)O)C(=O)N12. The highest BCUT2D eigenvalue weighted by atomic mass is 32.2. The van der Waals surface area contributed by atoms with Gasteiger partial charge in [0.15, 0.2) is 14.9 Å². The highest BCUT2D eigenvalue weighted by molar-refractivity contribution is 7.91. The third kappa shape index (κ3) is 5.54. The Morgan fingerprint density at radius 3 is 2.51 bits per heavy atom. The van der Waals surface area contributed by atoms with Crippen LogP contribution in [0.5, 0.6) is 0 Å². The minimum atomic E-state index is -3.61. The van der Waals surface area contributed by atoms with E-state index >= 15 is 0 Å². The summed E-state index contributed by atoms with van der Waals surface area (Å²) in [7, 11) is -3.61. The number of hydrogen-bond acceptors (Lipinski definition) is 11. The van der Waals surface area contributed by atoms with Gasteiger partial charge in [0.1, 0.15) is 16.9 Å². The van der Waals surface area contributed by atoms with Crippen molar-refractivity contribution in [3.8, 4) is 0 Å². The Hall–Kier alpha value is -2.97. The normalized spacial score (nSPS) is 22.6. The Kier molecular flexibility index (Phi) is 8.11. The highest BCUT2D eigenvalue weighted by Gasteiger charge is 2.60. The predicted molar refractivity (Wildman–Crippen MR) is 140 cm³/mol. The number of fused-ring (bicyclic) bond motifs is 2. The summed E-state index contributed by atoms with van der Waals surface area (Å²) in [5.41, 5.74) is 0.437. The molecule has 2 aromatic heterocycles. The molecule has 4 rings (SSSR count). The minimum Gasteiger partial charge on any atom is -0.434 e. The van der Waals surface area contributed by atoms with Crippen LogP contribution in [0.2, 0.25) is 0 Å². The summed E-state index contributed by atoms with van der Waals surface area (Å²) in [6, 6.07) is -0.494. The Morgan fingerprint density at radius 2 is 1.90 bits per heavy atom. The number of hydrogen-bond donors (Lipinski definition) is 1. The first-order chi connectivity index (χ1) is 18.2. The second kappa shape index (κ2) is 10.9. The maximum absolute atomic E-state index is 13.4. The lowest BCUT2D eigenvalue weighted by Gasteiger charge is -2.46. The second-order valence-electron chi connectivity index (χ2n) is 10.4. The fourth-order valence-corrected chi connectivity index (χ4v) is 7.44. The van der Waals surface area contributed by atoms with Crippen molar-refractivity contribution in [1.29, 1.82) is 0 Å². The molecule has 1 unspecified atom stereocenters. The second-order valence-corrected chi connectivity index (χ2v) is 13.3. The van der Waals surface area contributed by atoms with Crippen LogP contribution in [0.3, 0.4) is 0 Å². The number of ether oxygens (including phenoxy) is 3. The number of aromatic nitrogens is 2. The fraction of sp³-hybridized carbons (Fsp3) is 0.600. The summed E-state index contributed by atoms with van der Waals surface area (Å²) < 4.78 is 41.4. The summed E-state index contributed by atoms with van der Waals surface area (Å²) in [6.07, 6.45) is 2.40. The molecule has 2 aliphatic heterocycles. The highest BCUT2D eigenvalue weighted by Crippen LogP contribution is 2.52. The van der Waals surface area contributed by atoms with Gasteiger partial charge in [0, 0.05) is 30.9 Å². The van der Waals surface area contributed by atoms with E-state index in [-0.39, 0.29) is 23.2 Å². The van der Waals surface area contributed by atoms with Gasteiger partial charge in [0.2, 0.25) is 12.2 Å². The molecule has 5 atom stereocenters. The number of nitrogens with zero attached hydrogens (tertiary/aromatic N) is 3. The molecule has 0 radical (unpaired) electrons. The van der Waals surface area contributed by atoms with Crippen LogP contribution in [0.1, 0.15) is 52.3 Å². The molecule has 0 aromatic carbocycles. The molecule has 0 aliphatic carbocycles. The van der Waals surface area contributed by atoms with Crippen molar-refractivity contribution in [2.24, 2.45) is 17.8 Å². The van der Waals surface area contributed by atoms with Crippen LogP contribution in [0.4, 0.5) is 4.79 Å². The quantitative estimate of drug-likeness (QED) is 0.191. The number of amides is 1. The number of sulfone groups is 1. The first-order valence-corrected chi connectivity index (χ1v) is 15.4. The molecule has 39 heavy (non-hydrogen) atoms. The van der Waals surface area contributed by atoms with Crippen molar-refractivity contribution in [2.75, 3.05) is 12.9 Å². The summed E-state index contributed by atoms with van der Waals surface area (Å²) >= 11 is 1.11. The molecule has 2 aliphatic rings. The minimum absolute atomic E-state index is 0.0338. The zero-order valence-electron chi connectivity index (χ0n) is 22.6. The molecule has 14 heteroatoms. The third-order valence-electron chi connectivity index (χ3n) is 6.84. The molecule has 12 nitrogen and oxygen atoms in total. The lowest BCUT2D eigenvalue weighted by atomic mass is 9.77. The number of esters is 1. The van der Waals surface area contributed by atoms with Gasteiger partial charge in [-0.1, -0.05) is 20.8 Å². The predicted octanol–water partition coefficient (Wildman–Crippen LogP) is 2.85. The Balaban J connectivity index is 1.61. The molecular formula is C25H33N3O9S2. The van der Waals surface area contributed by atoms with Crippen molar-refractivity contribution in [2.45, 2.75) is 70.9 Å². The number of imidazole rings is 1. The van der Waals surface area contributed by atoms with Crippen LogP contribution in [0.25, 0.3) is 10.4 Å². The zero-order chi connectivity index (χ0) is 28.8. The molecule has 1 amide bonds. The number of carbonyl (C=O) groups excluding carboxylic acids is 3. The Bertz CT molecular complexity index is 1420. The summed E-state index contributed by atoms with van der Waals surface area (Å²) in [5.74, 6) is -1.95. The largest absolute Gasteiger partial charge is 0.511 e. The van der Waals surface area contributed by atoms with Crippen LogP contribution in [0.15, 0.2) is 23.2 Å². The van der Waals surface area contributed by atoms with E-state index in [1.165, 1.54) is 25.1 Å². The van der Waals surface area contributed by atoms with Crippen molar-refractivity contribution in [1.82, 2.24) is 14.3 Å². The molecule has 1 fully saturated rings. The number of thiazole rings is 1. The van der Waals surface area contributed by atoms with E-state index < -0.39 is 52.2 Å². The molecule has 1 saturated heterocycles. The van der Waals surface area contributed by atoms with Gasteiger partial charge in [-0.2, -0.15) is 0 Å². The molecular weight excluding hydrogens is 550 g/mol. The van der Waals surface area contributed by atoms with Gasteiger partial charge in [0.25, 0.3) is 0 Å². The average molecular weight is 584 g/mol. The molecule has 4 heterocycles.